The van der Waals surface area contributed by atoms with Gasteiger partial charge < -0.3 is 4.90 Å². The quantitative estimate of drug-likeness (QED) is 0.490. The van der Waals surface area contributed by atoms with Gasteiger partial charge in [-0.25, -0.2) is 0 Å². The standard InChI is InChI=1S/C28H20ClNO3/c1-16(31)25-24(17-7-3-2-4-8-17)28(26(32)20-9-5-6-10-21(20)27(28)33)23-14-11-18-15-19(29)12-13-22(18)30(23)25/h2-15,23-25H,1H3/t23-,24+,25+/m1/s1. The summed E-state index contributed by atoms with van der Waals surface area (Å²) in [5, 5.41) is 0.588. The van der Waals surface area contributed by atoms with Gasteiger partial charge in [0.15, 0.2) is 17.3 Å². The number of benzene rings is 3. The molecule has 0 saturated carbocycles. The third-order valence-electron chi connectivity index (χ3n) is 7.34. The average molecular weight is 454 g/mol. The van der Waals surface area contributed by atoms with E-state index in [-0.39, 0.29) is 17.3 Å². The maximum Gasteiger partial charge on any atom is 0.180 e. The molecule has 1 saturated heterocycles. The van der Waals surface area contributed by atoms with Crippen LogP contribution in [0, 0.1) is 5.41 Å². The molecule has 5 heteroatoms. The van der Waals surface area contributed by atoms with Crippen LogP contribution in [0.15, 0.2) is 78.9 Å². The molecule has 3 atom stereocenters. The first-order valence-corrected chi connectivity index (χ1v) is 11.3. The Morgan fingerprint density at radius 3 is 2.18 bits per heavy atom. The van der Waals surface area contributed by atoms with Crippen molar-refractivity contribution in [1.82, 2.24) is 0 Å². The normalized spacial score (nSPS) is 24.1. The molecule has 0 radical (unpaired) electrons. The second kappa shape index (κ2) is 7.00. The number of Topliss-reactive ketones (excluding diaryl/α,β-unsaturated/α-hetero) is 3. The minimum atomic E-state index is -1.42. The van der Waals surface area contributed by atoms with Gasteiger partial charge in [-0.2, -0.15) is 0 Å². The first-order chi connectivity index (χ1) is 16.0. The molecule has 0 unspecified atom stereocenters. The molecule has 1 aliphatic carbocycles. The van der Waals surface area contributed by atoms with E-state index in [1.54, 1.807) is 37.3 Å². The second-order valence-corrected chi connectivity index (χ2v) is 9.37. The molecule has 2 aliphatic heterocycles. The van der Waals surface area contributed by atoms with Crippen LogP contribution >= 0.6 is 11.6 Å². The zero-order chi connectivity index (χ0) is 22.9. The zero-order valence-electron chi connectivity index (χ0n) is 17.9. The van der Waals surface area contributed by atoms with Gasteiger partial charge in [0.2, 0.25) is 0 Å². The highest BCUT2D eigenvalue weighted by atomic mass is 35.5. The second-order valence-electron chi connectivity index (χ2n) is 8.93. The first-order valence-electron chi connectivity index (χ1n) is 11.0. The number of fused-ring (bicyclic) bond motifs is 5. The lowest BCUT2D eigenvalue weighted by molar-refractivity contribution is -0.118. The van der Waals surface area contributed by atoms with Crippen molar-refractivity contribution in [2.24, 2.45) is 5.41 Å². The van der Waals surface area contributed by atoms with E-state index >= 15 is 0 Å². The fourth-order valence-corrected chi connectivity index (χ4v) is 6.31. The van der Waals surface area contributed by atoms with Gasteiger partial charge in [0.1, 0.15) is 5.41 Å². The van der Waals surface area contributed by atoms with Crippen LogP contribution in [-0.4, -0.2) is 29.4 Å². The van der Waals surface area contributed by atoms with Crippen molar-refractivity contribution in [1.29, 1.82) is 0 Å². The molecule has 3 aliphatic rings. The van der Waals surface area contributed by atoms with Crippen LogP contribution in [0.5, 0.6) is 0 Å². The lowest BCUT2D eigenvalue weighted by atomic mass is 9.64. The lowest BCUT2D eigenvalue weighted by Gasteiger charge is -2.37. The highest BCUT2D eigenvalue weighted by molar-refractivity contribution is 6.32. The molecule has 1 spiro atoms. The summed E-state index contributed by atoms with van der Waals surface area (Å²) in [5.74, 6) is -1.13. The van der Waals surface area contributed by atoms with E-state index in [1.165, 1.54) is 0 Å². The third-order valence-corrected chi connectivity index (χ3v) is 7.58. The molecule has 4 nitrogen and oxygen atoms in total. The Kier molecular flexibility index (Phi) is 4.27. The Morgan fingerprint density at radius 2 is 1.55 bits per heavy atom. The Bertz CT molecular complexity index is 1340. The number of ketones is 3. The number of hydrogen-bond acceptors (Lipinski definition) is 4. The van der Waals surface area contributed by atoms with Crippen molar-refractivity contribution in [2.45, 2.75) is 24.9 Å². The van der Waals surface area contributed by atoms with Crippen molar-refractivity contribution in [3.05, 3.63) is 106 Å². The van der Waals surface area contributed by atoms with Crippen molar-refractivity contribution in [3.63, 3.8) is 0 Å². The maximum atomic E-state index is 14.2. The van der Waals surface area contributed by atoms with Crippen LogP contribution in [0.25, 0.3) is 6.08 Å². The summed E-state index contributed by atoms with van der Waals surface area (Å²) in [6, 6.07) is 20.7. The molecule has 33 heavy (non-hydrogen) atoms. The highest BCUT2D eigenvalue weighted by Crippen LogP contribution is 2.60. The third kappa shape index (κ3) is 2.50. The predicted octanol–water partition coefficient (Wildman–Crippen LogP) is 5.36. The van der Waals surface area contributed by atoms with Crippen LogP contribution in [0.4, 0.5) is 5.69 Å². The summed E-state index contributed by atoms with van der Waals surface area (Å²) in [6.45, 7) is 1.54. The van der Waals surface area contributed by atoms with Gasteiger partial charge in [0, 0.05) is 27.8 Å². The molecule has 0 aromatic heterocycles. The Morgan fingerprint density at radius 1 is 0.909 bits per heavy atom. The summed E-state index contributed by atoms with van der Waals surface area (Å²) < 4.78 is 0. The molecule has 162 valence electrons. The molecular weight excluding hydrogens is 434 g/mol. The number of carbonyl (C=O) groups is 3. The molecule has 0 bridgehead atoms. The van der Waals surface area contributed by atoms with Gasteiger partial charge in [0.05, 0.1) is 12.1 Å². The number of halogens is 1. The fourth-order valence-electron chi connectivity index (χ4n) is 6.13. The summed E-state index contributed by atoms with van der Waals surface area (Å²) in [6.07, 6.45) is 3.82. The van der Waals surface area contributed by atoms with Crippen molar-refractivity contribution < 1.29 is 14.4 Å². The molecule has 3 aromatic rings. The zero-order valence-corrected chi connectivity index (χ0v) is 18.6. The minimum Gasteiger partial charge on any atom is -0.352 e. The molecule has 6 rings (SSSR count). The SMILES string of the molecule is CC(=O)[C@H]1[C@H](c2ccccc2)C2(C(=O)c3ccccc3C2=O)[C@H]2C=Cc3cc(Cl)ccc3N12. The van der Waals surface area contributed by atoms with Crippen LogP contribution in [0.2, 0.25) is 5.02 Å². The Hall–Kier alpha value is -3.50. The summed E-state index contributed by atoms with van der Waals surface area (Å²) in [4.78, 5) is 43.6. The maximum absolute atomic E-state index is 14.2. The van der Waals surface area contributed by atoms with Crippen LogP contribution in [0.3, 0.4) is 0 Å². The number of hydrogen-bond donors (Lipinski definition) is 0. The van der Waals surface area contributed by atoms with Crippen LogP contribution in [-0.2, 0) is 4.79 Å². The van der Waals surface area contributed by atoms with E-state index < -0.39 is 23.4 Å². The van der Waals surface area contributed by atoms with E-state index in [1.807, 2.05) is 59.5 Å². The van der Waals surface area contributed by atoms with E-state index in [9.17, 15) is 14.4 Å². The minimum absolute atomic E-state index is 0.0847. The smallest absolute Gasteiger partial charge is 0.180 e. The van der Waals surface area contributed by atoms with Gasteiger partial charge in [-0.1, -0.05) is 78.4 Å². The van der Waals surface area contributed by atoms with Crippen LogP contribution < -0.4 is 4.90 Å². The number of anilines is 1. The van der Waals surface area contributed by atoms with Gasteiger partial charge in [0.25, 0.3) is 0 Å². The first kappa shape index (κ1) is 20.1. The van der Waals surface area contributed by atoms with Crippen molar-refractivity contribution >= 4 is 40.7 Å². The van der Waals surface area contributed by atoms with Gasteiger partial charge in [-0.05, 0) is 36.2 Å². The number of rotatable bonds is 2. The van der Waals surface area contributed by atoms with E-state index in [0.29, 0.717) is 16.1 Å². The van der Waals surface area contributed by atoms with Gasteiger partial charge in [-0.15, -0.1) is 0 Å². The molecule has 2 heterocycles. The lowest BCUT2D eigenvalue weighted by Crippen LogP contribution is -2.48. The number of carbonyl (C=O) groups excluding carboxylic acids is 3. The van der Waals surface area contributed by atoms with Crippen LogP contribution in [0.1, 0.15) is 44.7 Å². The monoisotopic (exact) mass is 453 g/mol. The summed E-state index contributed by atoms with van der Waals surface area (Å²) in [5.41, 5.74) is 1.93. The average Bonchev–Trinajstić information content (AvgIpc) is 3.26. The van der Waals surface area contributed by atoms with Crippen molar-refractivity contribution in [3.8, 4) is 0 Å². The highest BCUT2D eigenvalue weighted by Gasteiger charge is 2.71. The largest absolute Gasteiger partial charge is 0.352 e. The van der Waals surface area contributed by atoms with Gasteiger partial charge in [-0.3, -0.25) is 14.4 Å². The topological polar surface area (TPSA) is 54.5 Å². The van der Waals surface area contributed by atoms with E-state index in [2.05, 4.69) is 0 Å². The predicted molar refractivity (Wildman–Crippen MR) is 128 cm³/mol. The van der Waals surface area contributed by atoms with E-state index in [0.717, 1.165) is 16.8 Å². The summed E-state index contributed by atoms with van der Waals surface area (Å²) in [7, 11) is 0. The van der Waals surface area contributed by atoms with E-state index in [4.69, 9.17) is 11.6 Å². The van der Waals surface area contributed by atoms with Crippen molar-refractivity contribution in [2.75, 3.05) is 4.90 Å². The molecule has 3 aromatic carbocycles. The van der Waals surface area contributed by atoms with Gasteiger partial charge >= 0.3 is 0 Å². The molecular formula is C28H20ClNO3. The molecule has 1 fully saturated rings. The molecule has 0 N–H and O–H groups in total. The summed E-state index contributed by atoms with van der Waals surface area (Å²) >= 11 is 6.24. The molecule has 0 amide bonds. The Labute approximate surface area is 196 Å². The number of nitrogens with zero attached hydrogens (tertiary/aromatic N) is 1. The Balaban J connectivity index is 1.68. The fraction of sp³-hybridized carbons (Fsp3) is 0.179.